The molecule has 3 nitrogen and oxygen atoms in total. The molecule has 1 atom stereocenters. The van der Waals surface area contributed by atoms with E-state index in [1.807, 2.05) is 19.9 Å². The standard InChI is InChI=1S/C16H25N3S/c1-10-8-11(2)18-15(13(10)14(17)20)19-12-6-5-7-16(3,4)9-12/h8,12H,5-7,9H2,1-4H3,(H2,17,20)(H,18,19). The molecule has 1 aliphatic rings. The summed E-state index contributed by atoms with van der Waals surface area (Å²) < 4.78 is 0. The molecule has 2 rings (SSSR count). The fourth-order valence-electron chi connectivity index (χ4n) is 3.27. The topological polar surface area (TPSA) is 50.9 Å². The van der Waals surface area contributed by atoms with Crippen molar-refractivity contribution in [1.29, 1.82) is 0 Å². The van der Waals surface area contributed by atoms with Crippen molar-refractivity contribution in [3.63, 3.8) is 0 Å². The number of anilines is 1. The van der Waals surface area contributed by atoms with Gasteiger partial charge < -0.3 is 11.1 Å². The summed E-state index contributed by atoms with van der Waals surface area (Å²) in [5.41, 5.74) is 9.27. The second kappa shape index (κ2) is 5.68. The van der Waals surface area contributed by atoms with Crippen molar-refractivity contribution < 1.29 is 0 Å². The molecule has 3 N–H and O–H groups in total. The van der Waals surface area contributed by atoms with E-state index in [-0.39, 0.29) is 0 Å². The lowest BCUT2D eigenvalue weighted by Gasteiger charge is -2.36. The van der Waals surface area contributed by atoms with Crippen LogP contribution >= 0.6 is 12.2 Å². The number of nitrogens with two attached hydrogens (primary N) is 1. The van der Waals surface area contributed by atoms with E-state index in [2.05, 4.69) is 24.1 Å². The number of aryl methyl sites for hydroxylation is 2. The highest BCUT2D eigenvalue weighted by atomic mass is 32.1. The number of pyridine rings is 1. The van der Waals surface area contributed by atoms with E-state index < -0.39 is 0 Å². The van der Waals surface area contributed by atoms with Crippen LogP contribution in [0.15, 0.2) is 6.07 Å². The molecule has 1 unspecified atom stereocenters. The fourth-order valence-corrected chi connectivity index (χ4v) is 3.52. The van der Waals surface area contributed by atoms with Gasteiger partial charge in [0, 0.05) is 11.7 Å². The third-order valence-electron chi connectivity index (χ3n) is 4.14. The molecule has 0 aliphatic heterocycles. The summed E-state index contributed by atoms with van der Waals surface area (Å²) in [5.74, 6) is 0.859. The van der Waals surface area contributed by atoms with Gasteiger partial charge in [-0.2, -0.15) is 0 Å². The lowest BCUT2D eigenvalue weighted by molar-refractivity contribution is 0.229. The molecule has 1 aliphatic carbocycles. The Morgan fingerprint density at radius 1 is 1.45 bits per heavy atom. The number of thiocarbonyl (C=S) groups is 1. The van der Waals surface area contributed by atoms with Gasteiger partial charge in [-0.1, -0.05) is 32.5 Å². The lowest BCUT2D eigenvalue weighted by atomic mass is 9.75. The van der Waals surface area contributed by atoms with Gasteiger partial charge >= 0.3 is 0 Å². The van der Waals surface area contributed by atoms with Gasteiger partial charge in [0.2, 0.25) is 0 Å². The number of nitrogens with zero attached hydrogens (tertiary/aromatic N) is 1. The van der Waals surface area contributed by atoms with E-state index in [9.17, 15) is 0 Å². The number of nitrogens with one attached hydrogen (secondary N) is 1. The van der Waals surface area contributed by atoms with Gasteiger partial charge in [-0.3, -0.25) is 0 Å². The molecule has 110 valence electrons. The Kier molecular flexibility index (Phi) is 4.33. The third kappa shape index (κ3) is 3.48. The summed E-state index contributed by atoms with van der Waals surface area (Å²) in [6, 6.07) is 2.49. The van der Waals surface area contributed by atoms with E-state index in [4.69, 9.17) is 18.0 Å². The van der Waals surface area contributed by atoms with Crippen LogP contribution in [-0.2, 0) is 0 Å². The average molecular weight is 291 g/mol. The normalized spacial score (nSPS) is 21.5. The molecule has 0 aromatic carbocycles. The number of aromatic nitrogens is 1. The Bertz CT molecular complexity index is 523. The quantitative estimate of drug-likeness (QED) is 0.834. The second-order valence-electron chi connectivity index (χ2n) is 6.77. The first-order valence-electron chi connectivity index (χ1n) is 7.33. The molecule has 1 aromatic rings. The zero-order valence-electron chi connectivity index (χ0n) is 12.9. The van der Waals surface area contributed by atoms with Crippen LogP contribution in [0.5, 0.6) is 0 Å². The van der Waals surface area contributed by atoms with Crippen LogP contribution in [0.4, 0.5) is 5.82 Å². The van der Waals surface area contributed by atoms with Crippen molar-refractivity contribution in [3.8, 4) is 0 Å². The minimum absolute atomic E-state index is 0.401. The molecule has 1 heterocycles. The molecule has 1 fully saturated rings. The molecule has 0 bridgehead atoms. The minimum Gasteiger partial charge on any atom is -0.389 e. The average Bonchev–Trinajstić information content (AvgIpc) is 2.25. The van der Waals surface area contributed by atoms with E-state index in [0.717, 1.165) is 22.6 Å². The highest BCUT2D eigenvalue weighted by Gasteiger charge is 2.28. The molecular formula is C16H25N3S. The number of hydrogen-bond donors (Lipinski definition) is 2. The molecule has 0 spiro atoms. The Balaban J connectivity index is 2.26. The van der Waals surface area contributed by atoms with Gasteiger partial charge in [0.25, 0.3) is 0 Å². The summed E-state index contributed by atoms with van der Waals surface area (Å²) in [5, 5.41) is 3.59. The zero-order chi connectivity index (χ0) is 14.9. The largest absolute Gasteiger partial charge is 0.389 e. The molecule has 1 aromatic heterocycles. The van der Waals surface area contributed by atoms with Gasteiger partial charge in [0.15, 0.2) is 0 Å². The molecule has 0 saturated heterocycles. The fraction of sp³-hybridized carbons (Fsp3) is 0.625. The Hall–Kier alpha value is -1.16. The van der Waals surface area contributed by atoms with E-state index >= 15 is 0 Å². The van der Waals surface area contributed by atoms with Crippen LogP contribution in [0.1, 0.15) is 56.4 Å². The SMILES string of the molecule is Cc1cc(C)c(C(N)=S)c(NC2CCCC(C)(C)C2)n1. The Labute approximate surface area is 127 Å². The van der Waals surface area contributed by atoms with Crippen molar-refractivity contribution in [2.45, 2.75) is 59.4 Å². The van der Waals surface area contributed by atoms with Crippen molar-refractivity contribution in [1.82, 2.24) is 4.98 Å². The number of rotatable bonds is 3. The predicted octanol–water partition coefficient (Wildman–Crippen LogP) is 3.71. The van der Waals surface area contributed by atoms with Gasteiger partial charge in [0.1, 0.15) is 10.8 Å². The first kappa shape index (κ1) is 15.2. The summed E-state index contributed by atoms with van der Waals surface area (Å²) in [4.78, 5) is 5.04. The molecule has 1 saturated carbocycles. The summed E-state index contributed by atoms with van der Waals surface area (Å²) in [7, 11) is 0. The molecule has 4 heteroatoms. The maximum absolute atomic E-state index is 5.88. The number of hydrogen-bond acceptors (Lipinski definition) is 3. The molecular weight excluding hydrogens is 266 g/mol. The maximum atomic E-state index is 5.88. The third-order valence-corrected chi connectivity index (χ3v) is 4.34. The second-order valence-corrected chi connectivity index (χ2v) is 7.21. The van der Waals surface area contributed by atoms with Crippen LogP contribution in [0, 0.1) is 19.3 Å². The van der Waals surface area contributed by atoms with Crippen molar-refractivity contribution in [2.75, 3.05) is 5.32 Å². The zero-order valence-corrected chi connectivity index (χ0v) is 13.7. The van der Waals surface area contributed by atoms with Crippen LogP contribution in [0.2, 0.25) is 0 Å². The summed E-state index contributed by atoms with van der Waals surface area (Å²) in [6.45, 7) is 8.72. The lowest BCUT2D eigenvalue weighted by Crippen LogP contribution is -2.33. The van der Waals surface area contributed by atoms with Crippen molar-refractivity contribution >= 4 is 23.0 Å². The summed E-state index contributed by atoms with van der Waals surface area (Å²) in [6.07, 6.45) is 4.92. The molecule has 0 radical (unpaired) electrons. The van der Waals surface area contributed by atoms with E-state index in [0.29, 0.717) is 16.4 Å². The van der Waals surface area contributed by atoms with Crippen molar-refractivity contribution in [3.05, 3.63) is 22.9 Å². The van der Waals surface area contributed by atoms with Crippen LogP contribution in [0.25, 0.3) is 0 Å². The summed E-state index contributed by atoms with van der Waals surface area (Å²) >= 11 is 5.19. The highest BCUT2D eigenvalue weighted by Crippen LogP contribution is 2.36. The molecule has 0 amide bonds. The van der Waals surface area contributed by atoms with Crippen LogP contribution < -0.4 is 11.1 Å². The minimum atomic E-state index is 0.401. The van der Waals surface area contributed by atoms with Crippen molar-refractivity contribution in [2.24, 2.45) is 11.1 Å². The van der Waals surface area contributed by atoms with Gasteiger partial charge in [-0.05, 0) is 50.2 Å². The van der Waals surface area contributed by atoms with Gasteiger partial charge in [-0.15, -0.1) is 0 Å². The highest BCUT2D eigenvalue weighted by molar-refractivity contribution is 7.80. The molecule has 20 heavy (non-hydrogen) atoms. The van der Waals surface area contributed by atoms with Crippen LogP contribution in [0.3, 0.4) is 0 Å². The van der Waals surface area contributed by atoms with Gasteiger partial charge in [0.05, 0.1) is 5.56 Å². The first-order valence-corrected chi connectivity index (χ1v) is 7.74. The Morgan fingerprint density at radius 2 is 2.15 bits per heavy atom. The maximum Gasteiger partial charge on any atom is 0.136 e. The monoisotopic (exact) mass is 291 g/mol. The predicted molar refractivity (Wildman–Crippen MR) is 89.3 cm³/mol. The van der Waals surface area contributed by atoms with E-state index in [1.165, 1.54) is 25.7 Å². The van der Waals surface area contributed by atoms with E-state index in [1.54, 1.807) is 0 Å². The van der Waals surface area contributed by atoms with Crippen LogP contribution in [-0.4, -0.2) is 16.0 Å². The van der Waals surface area contributed by atoms with Gasteiger partial charge in [-0.25, -0.2) is 4.98 Å². The first-order chi connectivity index (χ1) is 9.28. The Morgan fingerprint density at radius 3 is 2.75 bits per heavy atom. The smallest absolute Gasteiger partial charge is 0.136 e.